The van der Waals surface area contributed by atoms with Crippen molar-refractivity contribution in [2.75, 3.05) is 0 Å². The zero-order chi connectivity index (χ0) is 12.4. The highest BCUT2D eigenvalue weighted by Crippen LogP contribution is 2.23. The van der Waals surface area contributed by atoms with Crippen LogP contribution in [0.1, 0.15) is 18.5 Å². The van der Waals surface area contributed by atoms with Crippen molar-refractivity contribution >= 4 is 17.3 Å². The number of rotatable bonds is 4. The van der Waals surface area contributed by atoms with E-state index >= 15 is 0 Å². The maximum absolute atomic E-state index is 5.75. The minimum absolute atomic E-state index is 0.445. The third-order valence-corrected chi connectivity index (χ3v) is 3.48. The van der Waals surface area contributed by atoms with Crippen LogP contribution in [0, 0.1) is 0 Å². The molecule has 2 aromatic rings. The van der Waals surface area contributed by atoms with Crippen LogP contribution in [-0.4, -0.2) is 17.0 Å². The summed E-state index contributed by atoms with van der Waals surface area (Å²) in [5.74, 6) is 1.13. The number of aromatic nitrogens is 1. The molecule has 0 bridgehead atoms. The molecule has 0 spiro atoms. The summed E-state index contributed by atoms with van der Waals surface area (Å²) in [6.45, 7) is 0.445. The first-order valence-corrected chi connectivity index (χ1v) is 6.74. The van der Waals surface area contributed by atoms with Crippen LogP contribution >= 0.6 is 11.3 Å². The topological polar surface area (TPSA) is 76.4 Å². The van der Waals surface area contributed by atoms with Crippen LogP contribution in [-0.2, 0) is 6.54 Å². The second kappa shape index (κ2) is 4.81. The summed E-state index contributed by atoms with van der Waals surface area (Å²) in [6.07, 6.45) is 3.99. The molecule has 1 aliphatic carbocycles. The van der Waals surface area contributed by atoms with Crippen LogP contribution in [0.4, 0.5) is 0 Å². The van der Waals surface area contributed by atoms with Gasteiger partial charge in [-0.3, -0.25) is 0 Å². The fourth-order valence-electron chi connectivity index (χ4n) is 1.54. The first kappa shape index (κ1) is 11.3. The molecule has 0 radical (unpaired) electrons. The smallest absolute Gasteiger partial charge is 0.236 e. The Labute approximate surface area is 109 Å². The Balaban J connectivity index is 1.63. The molecule has 2 aromatic heterocycles. The number of aliphatic imine (C=N–C) groups is 1. The van der Waals surface area contributed by atoms with E-state index in [1.807, 2.05) is 17.5 Å². The van der Waals surface area contributed by atoms with E-state index in [-0.39, 0.29) is 0 Å². The van der Waals surface area contributed by atoms with E-state index < -0.39 is 0 Å². The van der Waals surface area contributed by atoms with Gasteiger partial charge in [-0.25, -0.2) is 9.98 Å². The van der Waals surface area contributed by atoms with Crippen molar-refractivity contribution < 1.29 is 4.42 Å². The molecular weight excluding hydrogens is 248 g/mol. The number of nitrogens with zero attached hydrogens (tertiary/aromatic N) is 2. The van der Waals surface area contributed by atoms with E-state index in [1.165, 1.54) is 12.8 Å². The highest BCUT2D eigenvalue weighted by atomic mass is 32.1. The lowest BCUT2D eigenvalue weighted by Gasteiger charge is -2.01. The van der Waals surface area contributed by atoms with E-state index in [0.29, 0.717) is 24.4 Å². The van der Waals surface area contributed by atoms with E-state index in [2.05, 4.69) is 15.3 Å². The molecule has 0 atom stereocenters. The maximum Gasteiger partial charge on any atom is 0.236 e. The summed E-state index contributed by atoms with van der Waals surface area (Å²) in [5.41, 5.74) is 6.54. The van der Waals surface area contributed by atoms with Crippen LogP contribution in [0.3, 0.4) is 0 Å². The van der Waals surface area contributed by atoms with Crippen molar-refractivity contribution in [2.24, 2.45) is 10.7 Å². The van der Waals surface area contributed by atoms with Crippen LogP contribution in [0.15, 0.2) is 33.2 Å². The lowest BCUT2D eigenvalue weighted by Crippen LogP contribution is -2.33. The third-order valence-electron chi connectivity index (χ3n) is 2.62. The molecule has 0 unspecified atom stereocenters. The monoisotopic (exact) mass is 262 g/mol. The van der Waals surface area contributed by atoms with Gasteiger partial charge < -0.3 is 15.5 Å². The van der Waals surface area contributed by atoms with Gasteiger partial charge in [0, 0.05) is 6.04 Å². The fraction of sp³-hybridized carbons (Fsp3) is 0.333. The van der Waals surface area contributed by atoms with Gasteiger partial charge in [-0.1, -0.05) is 6.07 Å². The molecule has 0 aromatic carbocycles. The highest BCUT2D eigenvalue weighted by Gasteiger charge is 2.21. The molecule has 18 heavy (non-hydrogen) atoms. The van der Waals surface area contributed by atoms with Crippen molar-refractivity contribution in [1.82, 2.24) is 10.3 Å². The zero-order valence-electron chi connectivity index (χ0n) is 9.80. The number of guanidine groups is 1. The molecule has 2 heterocycles. The third kappa shape index (κ3) is 2.70. The number of nitrogens with one attached hydrogen (secondary N) is 1. The summed E-state index contributed by atoms with van der Waals surface area (Å²) in [5, 5.41) is 5.12. The number of thiophene rings is 1. The van der Waals surface area contributed by atoms with E-state index in [1.54, 1.807) is 17.6 Å². The average molecular weight is 262 g/mol. The summed E-state index contributed by atoms with van der Waals surface area (Å²) < 4.78 is 5.40. The molecular formula is C12H14N4OS. The summed E-state index contributed by atoms with van der Waals surface area (Å²) in [4.78, 5) is 9.63. The molecule has 1 saturated carbocycles. The van der Waals surface area contributed by atoms with Gasteiger partial charge in [-0.2, -0.15) is 0 Å². The summed E-state index contributed by atoms with van der Waals surface area (Å²) in [6, 6.07) is 4.47. The molecule has 1 aliphatic rings. The van der Waals surface area contributed by atoms with E-state index in [0.717, 1.165) is 10.6 Å². The molecule has 94 valence electrons. The van der Waals surface area contributed by atoms with Crippen LogP contribution in [0.5, 0.6) is 0 Å². The van der Waals surface area contributed by atoms with Crippen molar-refractivity contribution in [3.05, 3.63) is 29.5 Å². The van der Waals surface area contributed by atoms with Crippen LogP contribution in [0.25, 0.3) is 10.8 Å². The lowest BCUT2D eigenvalue weighted by atomic mass is 10.4. The average Bonchev–Trinajstić information content (AvgIpc) is 2.87. The Morgan fingerprint density at radius 3 is 3.22 bits per heavy atom. The van der Waals surface area contributed by atoms with Gasteiger partial charge in [0.15, 0.2) is 5.96 Å². The normalized spacial score (nSPS) is 15.9. The van der Waals surface area contributed by atoms with E-state index in [4.69, 9.17) is 10.2 Å². The SMILES string of the molecule is NC(=NCc1coc(-c2cccs2)n1)NC1CC1. The minimum atomic E-state index is 0.445. The van der Waals surface area contributed by atoms with Crippen LogP contribution in [0.2, 0.25) is 0 Å². The molecule has 0 aliphatic heterocycles. The summed E-state index contributed by atoms with van der Waals surface area (Å²) in [7, 11) is 0. The van der Waals surface area contributed by atoms with Crippen molar-refractivity contribution in [2.45, 2.75) is 25.4 Å². The molecule has 0 saturated heterocycles. The van der Waals surface area contributed by atoms with Crippen molar-refractivity contribution in [3.63, 3.8) is 0 Å². The molecule has 5 nitrogen and oxygen atoms in total. The van der Waals surface area contributed by atoms with Gasteiger partial charge in [0.05, 0.1) is 11.4 Å². The number of oxazole rings is 1. The van der Waals surface area contributed by atoms with Crippen LogP contribution < -0.4 is 11.1 Å². The number of hydrogen-bond acceptors (Lipinski definition) is 4. The Hall–Kier alpha value is -1.82. The molecule has 6 heteroatoms. The maximum atomic E-state index is 5.75. The number of hydrogen-bond donors (Lipinski definition) is 2. The largest absolute Gasteiger partial charge is 0.443 e. The van der Waals surface area contributed by atoms with Crippen molar-refractivity contribution in [1.29, 1.82) is 0 Å². The Morgan fingerprint density at radius 1 is 1.61 bits per heavy atom. The molecule has 3 N–H and O–H groups in total. The second-order valence-corrected chi connectivity index (χ2v) is 5.19. The fourth-order valence-corrected chi connectivity index (χ4v) is 2.20. The molecule has 1 fully saturated rings. The summed E-state index contributed by atoms with van der Waals surface area (Å²) >= 11 is 1.60. The predicted molar refractivity (Wildman–Crippen MR) is 71.3 cm³/mol. The quantitative estimate of drug-likeness (QED) is 0.652. The van der Waals surface area contributed by atoms with Gasteiger partial charge in [0.25, 0.3) is 0 Å². The minimum Gasteiger partial charge on any atom is -0.443 e. The lowest BCUT2D eigenvalue weighted by molar-refractivity contribution is 0.574. The number of nitrogens with two attached hydrogens (primary N) is 1. The standard InChI is InChI=1S/C12H14N4OS/c13-12(16-8-3-4-8)14-6-9-7-17-11(15-9)10-2-1-5-18-10/h1-2,5,7-8H,3-4,6H2,(H3,13,14,16). The Morgan fingerprint density at radius 2 is 2.50 bits per heavy atom. The van der Waals surface area contributed by atoms with Gasteiger partial charge in [0.2, 0.25) is 5.89 Å². The van der Waals surface area contributed by atoms with E-state index in [9.17, 15) is 0 Å². The Bertz CT molecular complexity index is 542. The Kier molecular flexibility index (Phi) is 3.02. The van der Waals surface area contributed by atoms with Gasteiger partial charge >= 0.3 is 0 Å². The van der Waals surface area contributed by atoms with Gasteiger partial charge in [-0.05, 0) is 24.3 Å². The highest BCUT2D eigenvalue weighted by molar-refractivity contribution is 7.13. The first-order chi connectivity index (χ1) is 8.81. The molecule has 0 amide bonds. The zero-order valence-corrected chi connectivity index (χ0v) is 10.6. The molecule has 3 rings (SSSR count). The first-order valence-electron chi connectivity index (χ1n) is 5.86. The van der Waals surface area contributed by atoms with Crippen molar-refractivity contribution in [3.8, 4) is 10.8 Å². The van der Waals surface area contributed by atoms with Gasteiger partial charge in [0.1, 0.15) is 12.0 Å². The predicted octanol–water partition coefficient (Wildman–Crippen LogP) is 1.97. The van der Waals surface area contributed by atoms with Gasteiger partial charge in [-0.15, -0.1) is 11.3 Å². The second-order valence-electron chi connectivity index (χ2n) is 4.24.